The standard InChI is InChI=1S/C31H52O2/c1-20(2)18-21-10-15-31(19-32)17-16-29(6)22(26(21)31)8-9-24-28(5)13-12-25(33)27(3,4)23(28)11-14-30(24,29)7/h21-26,32-33H,1,8-19H2,2-7H3/t21-,22+,23-,24+,25-,26+,28-,29+,30+,31+/m0/s1. The van der Waals surface area contributed by atoms with Crippen molar-refractivity contribution in [2.75, 3.05) is 6.61 Å². The molecule has 2 nitrogen and oxygen atoms in total. The molecule has 2 heteroatoms. The van der Waals surface area contributed by atoms with Gasteiger partial charge >= 0.3 is 0 Å². The first-order valence-electron chi connectivity index (χ1n) is 14.3. The highest BCUT2D eigenvalue weighted by Crippen LogP contribution is 2.77. The molecule has 5 rings (SSSR count). The summed E-state index contributed by atoms with van der Waals surface area (Å²) in [7, 11) is 0. The molecule has 0 aliphatic heterocycles. The fourth-order valence-electron chi connectivity index (χ4n) is 11.8. The lowest BCUT2D eigenvalue weighted by atomic mass is 9.32. The third-order valence-corrected chi connectivity index (χ3v) is 13.6. The first-order valence-corrected chi connectivity index (χ1v) is 14.3. The molecule has 5 aliphatic carbocycles. The maximum Gasteiger partial charge on any atom is 0.0594 e. The van der Waals surface area contributed by atoms with Gasteiger partial charge in [-0.3, -0.25) is 0 Å². The lowest BCUT2D eigenvalue weighted by Gasteiger charge is -2.73. The summed E-state index contributed by atoms with van der Waals surface area (Å²) >= 11 is 0. The van der Waals surface area contributed by atoms with Gasteiger partial charge in [0.1, 0.15) is 0 Å². The van der Waals surface area contributed by atoms with Crippen LogP contribution >= 0.6 is 0 Å². The van der Waals surface area contributed by atoms with E-state index in [1.165, 1.54) is 63.4 Å². The second kappa shape index (κ2) is 7.58. The highest BCUT2D eigenvalue weighted by Gasteiger charge is 2.70. The van der Waals surface area contributed by atoms with Crippen LogP contribution in [0.3, 0.4) is 0 Å². The third-order valence-electron chi connectivity index (χ3n) is 13.6. The normalized spacial score (nSPS) is 55.2. The predicted octanol–water partition coefficient (Wildman–Crippen LogP) is 7.39. The lowest BCUT2D eigenvalue weighted by Crippen LogP contribution is -2.66. The largest absolute Gasteiger partial charge is 0.396 e. The molecule has 188 valence electrons. The van der Waals surface area contributed by atoms with Crippen LogP contribution in [-0.4, -0.2) is 22.9 Å². The molecule has 0 aromatic rings. The zero-order valence-corrected chi connectivity index (χ0v) is 22.6. The summed E-state index contributed by atoms with van der Waals surface area (Å²) in [6.45, 7) is 19.6. The highest BCUT2D eigenvalue weighted by molar-refractivity contribution is 5.19. The third kappa shape index (κ3) is 3.04. The van der Waals surface area contributed by atoms with E-state index in [1.54, 1.807) is 0 Å². The molecular weight excluding hydrogens is 404 g/mol. The van der Waals surface area contributed by atoms with Gasteiger partial charge in [0, 0.05) is 6.61 Å². The van der Waals surface area contributed by atoms with Crippen molar-refractivity contribution >= 4 is 0 Å². The molecule has 0 aromatic carbocycles. The summed E-state index contributed by atoms with van der Waals surface area (Å²) in [6, 6.07) is 0. The molecule has 33 heavy (non-hydrogen) atoms. The van der Waals surface area contributed by atoms with Crippen molar-refractivity contribution in [3.8, 4) is 0 Å². The smallest absolute Gasteiger partial charge is 0.0594 e. The molecule has 5 aliphatic rings. The maximum atomic E-state index is 10.9. The van der Waals surface area contributed by atoms with Crippen LogP contribution in [-0.2, 0) is 0 Å². The summed E-state index contributed by atoms with van der Waals surface area (Å²) in [6.07, 6.45) is 13.5. The zero-order valence-electron chi connectivity index (χ0n) is 22.6. The van der Waals surface area contributed by atoms with Gasteiger partial charge in [-0.1, -0.05) is 40.2 Å². The van der Waals surface area contributed by atoms with Crippen LogP contribution in [0.5, 0.6) is 0 Å². The van der Waals surface area contributed by atoms with E-state index < -0.39 is 0 Å². The monoisotopic (exact) mass is 456 g/mol. The van der Waals surface area contributed by atoms with Crippen LogP contribution in [0.15, 0.2) is 12.2 Å². The lowest BCUT2D eigenvalue weighted by molar-refractivity contribution is -0.250. The molecule has 5 fully saturated rings. The Labute approximate surface area is 204 Å². The Bertz CT molecular complexity index is 801. The van der Waals surface area contributed by atoms with Crippen molar-refractivity contribution in [2.45, 2.75) is 118 Å². The highest BCUT2D eigenvalue weighted by atomic mass is 16.3. The molecule has 2 N–H and O–H groups in total. The molecule has 0 bridgehead atoms. The molecule has 0 spiro atoms. The van der Waals surface area contributed by atoms with Crippen molar-refractivity contribution in [3.63, 3.8) is 0 Å². The van der Waals surface area contributed by atoms with Gasteiger partial charge in [0.15, 0.2) is 0 Å². The summed E-state index contributed by atoms with van der Waals surface area (Å²) < 4.78 is 0. The Morgan fingerprint density at radius 2 is 1.55 bits per heavy atom. The number of aliphatic hydroxyl groups excluding tert-OH is 2. The summed E-state index contributed by atoms with van der Waals surface area (Å²) in [5, 5.41) is 21.6. The van der Waals surface area contributed by atoms with Crippen molar-refractivity contribution in [1.29, 1.82) is 0 Å². The van der Waals surface area contributed by atoms with E-state index in [9.17, 15) is 10.2 Å². The predicted molar refractivity (Wildman–Crippen MR) is 137 cm³/mol. The summed E-state index contributed by atoms with van der Waals surface area (Å²) in [5.74, 6) is 3.53. The van der Waals surface area contributed by atoms with Gasteiger partial charge in [-0.05, 0) is 134 Å². The van der Waals surface area contributed by atoms with E-state index in [0.717, 1.165) is 30.6 Å². The number of aliphatic hydroxyl groups is 2. The van der Waals surface area contributed by atoms with E-state index in [4.69, 9.17) is 0 Å². The summed E-state index contributed by atoms with van der Waals surface area (Å²) in [5.41, 5.74) is 2.62. The minimum Gasteiger partial charge on any atom is -0.396 e. The van der Waals surface area contributed by atoms with Crippen LogP contribution in [0.2, 0.25) is 0 Å². The fourth-order valence-corrected chi connectivity index (χ4v) is 11.8. The Balaban J connectivity index is 1.53. The summed E-state index contributed by atoms with van der Waals surface area (Å²) in [4.78, 5) is 0. The number of hydrogen-bond donors (Lipinski definition) is 2. The van der Waals surface area contributed by atoms with Gasteiger partial charge < -0.3 is 10.2 Å². The van der Waals surface area contributed by atoms with E-state index >= 15 is 0 Å². The van der Waals surface area contributed by atoms with Gasteiger partial charge in [0.2, 0.25) is 0 Å². The maximum absolute atomic E-state index is 10.9. The number of rotatable bonds is 3. The first-order chi connectivity index (χ1) is 15.4. The molecule has 0 saturated heterocycles. The van der Waals surface area contributed by atoms with Crippen molar-refractivity contribution in [3.05, 3.63) is 12.2 Å². The Morgan fingerprint density at radius 3 is 2.21 bits per heavy atom. The molecular formula is C31H52O2. The van der Waals surface area contributed by atoms with Crippen LogP contribution in [0.4, 0.5) is 0 Å². The zero-order chi connectivity index (χ0) is 24.0. The second-order valence-corrected chi connectivity index (χ2v) is 15.1. The van der Waals surface area contributed by atoms with Crippen LogP contribution < -0.4 is 0 Å². The Hall–Kier alpha value is -0.340. The number of allylic oxidation sites excluding steroid dienone is 1. The Kier molecular flexibility index (Phi) is 5.60. The van der Waals surface area contributed by atoms with E-state index in [2.05, 4.69) is 48.1 Å². The number of fused-ring (bicyclic) bond motifs is 7. The Morgan fingerprint density at radius 1 is 0.818 bits per heavy atom. The molecule has 0 radical (unpaired) electrons. The van der Waals surface area contributed by atoms with Gasteiger partial charge in [-0.25, -0.2) is 0 Å². The van der Waals surface area contributed by atoms with Gasteiger partial charge in [-0.15, -0.1) is 6.58 Å². The molecule has 5 saturated carbocycles. The van der Waals surface area contributed by atoms with E-state index in [0.29, 0.717) is 34.7 Å². The van der Waals surface area contributed by atoms with Crippen molar-refractivity contribution < 1.29 is 10.2 Å². The molecule has 0 amide bonds. The minimum atomic E-state index is -0.145. The average Bonchev–Trinajstić information content (AvgIpc) is 3.10. The SMILES string of the molecule is C=C(C)C[C@@H]1CC[C@]2(CO)CC[C@]3(C)[C@H](CC[C@@H]4[C@@]5(C)CC[C@H](O)C(C)(C)[C@@H]5CC[C@]43C)[C@@H]12. The van der Waals surface area contributed by atoms with Crippen LogP contribution in [0.25, 0.3) is 0 Å². The van der Waals surface area contributed by atoms with E-state index in [-0.39, 0.29) is 16.9 Å². The van der Waals surface area contributed by atoms with Gasteiger partial charge in [0.25, 0.3) is 0 Å². The second-order valence-electron chi connectivity index (χ2n) is 15.1. The quantitative estimate of drug-likeness (QED) is 0.435. The average molecular weight is 457 g/mol. The number of hydrogen-bond acceptors (Lipinski definition) is 2. The van der Waals surface area contributed by atoms with Crippen LogP contribution in [0, 0.1) is 56.7 Å². The van der Waals surface area contributed by atoms with Crippen molar-refractivity contribution in [1.82, 2.24) is 0 Å². The molecule has 0 heterocycles. The molecule has 0 aromatic heterocycles. The van der Waals surface area contributed by atoms with Crippen LogP contribution in [0.1, 0.15) is 112 Å². The van der Waals surface area contributed by atoms with E-state index in [1.807, 2.05) is 0 Å². The fraction of sp³-hybridized carbons (Fsp3) is 0.935. The topological polar surface area (TPSA) is 40.5 Å². The molecule has 0 unspecified atom stereocenters. The minimum absolute atomic E-state index is 0.0305. The molecule has 10 atom stereocenters. The van der Waals surface area contributed by atoms with Gasteiger partial charge in [-0.2, -0.15) is 0 Å². The van der Waals surface area contributed by atoms with Gasteiger partial charge in [0.05, 0.1) is 6.10 Å². The first kappa shape index (κ1) is 24.4. The van der Waals surface area contributed by atoms with Crippen molar-refractivity contribution in [2.24, 2.45) is 56.7 Å².